The van der Waals surface area contributed by atoms with Crippen molar-refractivity contribution >= 4 is 5.95 Å². The quantitative estimate of drug-likeness (QED) is 0.928. The van der Waals surface area contributed by atoms with E-state index in [0.717, 1.165) is 50.1 Å². The number of methoxy groups -OCH3 is 1. The van der Waals surface area contributed by atoms with Crippen LogP contribution in [0.15, 0.2) is 24.3 Å². The van der Waals surface area contributed by atoms with Crippen molar-refractivity contribution in [2.24, 2.45) is 0 Å². The Hall–Kier alpha value is -1.92. The molecule has 0 bridgehead atoms. The van der Waals surface area contributed by atoms with Crippen molar-refractivity contribution in [3.63, 3.8) is 0 Å². The smallest absolute Gasteiger partial charge is 0.232 e. The molecule has 2 aromatic rings. The van der Waals surface area contributed by atoms with E-state index in [1.54, 1.807) is 7.11 Å². The molecule has 0 radical (unpaired) electrons. The van der Waals surface area contributed by atoms with Gasteiger partial charge in [0.15, 0.2) is 5.82 Å². The fourth-order valence-corrected chi connectivity index (χ4v) is 2.74. The Morgan fingerprint density at radius 2 is 1.95 bits per heavy atom. The third kappa shape index (κ3) is 3.13. The van der Waals surface area contributed by atoms with Crippen molar-refractivity contribution in [1.82, 2.24) is 20.1 Å². The number of nitrogens with one attached hydrogen (secondary N) is 1. The number of hydrogen-bond donors (Lipinski definition) is 1. The second-order valence-electron chi connectivity index (χ2n) is 5.61. The van der Waals surface area contributed by atoms with Gasteiger partial charge in [0.05, 0.1) is 5.69 Å². The van der Waals surface area contributed by atoms with Gasteiger partial charge in [0, 0.05) is 26.7 Å². The van der Waals surface area contributed by atoms with Crippen LogP contribution in [0, 0.1) is 6.92 Å². The number of aryl methyl sites for hydroxylation is 1. The molecule has 1 aromatic heterocycles. The molecular formula is C16H23N5O. The molecule has 3 rings (SSSR count). The van der Waals surface area contributed by atoms with Crippen molar-refractivity contribution in [1.29, 1.82) is 0 Å². The monoisotopic (exact) mass is 301 g/mol. The van der Waals surface area contributed by atoms with E-state index < -0.39 is 0 Å². The molecular weight excluding hydrogens is 278 g/mol. The third-order valence-electron chi connectivity index (χ3n) is 3.90. The average molecular weight is 301 g/mol. The van der Waals surface area contributed by atoms with Gasteiger partial charge in [-0.2, -0.15) is 0 Å². The second-order valence-corrected chi connectivity index (χ2v) is 5.61. The zero-order chi connectivity index (χ0) is 15.4. The SMILES string of the molecule is COCc1nnc(N2CCCNCC2)n1-c1ccc(C)cc1. The van der Waals surface area contributed by atoms with Gasteiger partial charge in [0.1, 0.15) is 6.61 Å². The van der Waals surface area contributed by atoms with Crippen LogP contribution in [0.5, 0.6) is 0 Å². The van der Waals surface area contributed by atoms with Crippen LogP contribution in [0.3, 0.4) is 0 Å². The maximum Gasteiger partial charge on any atom is 0.232 e. The summed E-state index contributed by atoms with van der Waals surface area (Å²) >= 11 is 0. The lowest BCUT2D eigenvalue weighted by molar-refractivity contribution is 0.176. The Labute approximate surface area is 131 Å². The van der Waals surface area contributed by atoms with E-state index in [-0.39, 0.29) is 0 Å². The van der Waals surface area contributed by atoms with Crippen molar-refractivity contribution in [2.45, 2.75) is 20.0 Å². The first-order valence-corrected chi connectivity index (χ1v) is 7.75. The van der Waals surface area contributed by atoms with Gasteiger partial charge in [0.2, 0.25) is 5.95 Å². The minimum Gasteiger partial charge on any atom is -0.377 e. The van der Waals surface area contributed by atoms with E-state index >= 15 is 0 Å². The first kappa shape index (κ1) is 15.0. The van der Waals surface area contributed by atoms with Gasteiger partial charge in [0.25, 0.3) is 0 Å². The molecule has 1 fully saturated rings. The molecule has 2 heterocycles. The fourth-order valence-electron chi connectivity index (χ4n) is 2.74. The summed E-state index contributed by atoms with van der Waals surface area (Å²) in [6.07, 6.45) is 1.11. The maximum atomic E-state index is 5.28. The normalized spacial score (nSPS) is 15.8. The number of rotatable bonds is 4. The highest BCUT2D eigenvalue weighted by Crippen LogP contribution is 2.21. The van der Waals surface area contributed by atoms with Gasteiger partial charge in [-0.25, -0.2) is 0 Å². The molecule has 0 unspecified atom stereocenters. The zero-order valence-electron chi connectivity index (χ0n) is 13.2. The number of benzene rings is 1. The molecule has 1 saturated heterocycles. The van der Waals surface area contributed by atoms with Crippen molar-refractivity contribution < 1.29 is 4.74 Å². The predicted octanol–water partition coefficient (Wildman–Crippen LogP) is 1.52. The van der Waals surface area contributed by atoms with Crippen LogP contribution in [-0.2, 0) is 11.3 Å². The zero-order valence-corrected chi connectivity index (χ0v) is 13.2. The standard InChI is InChI=1S/C16H23N5O/c1-13-4-6-14(7-5-13)21-15(12-22-2)18-19-16(21)20-10-3-8-17-9-11-20/h4-7,17H,3,8-12H2,1-2H3. The Kier molecular flexibility index (Phi) is 4.70. The summed E-state index contributed by atoms with van der Waals surface area (Å²) in [5.41, 5.74) is 2.32. The van der Waals surface area contributed by atoms with Crippen molar-refractivity contribution in [2.75, 3.05) is 38.2 Å². The molecule has 0 saturated carbocycles. The summed E-state index contributed by atoms with van der Waals surface area (Å²) in [5, 5.41) is 12.2. The topological polar surface area (TPSA) is 55.2 Å². The molecule has 1 N–H and O–H groups in total. The van der Waals surface area contributed by atoms with Gasteiger partial charge >= 0.3 is 0 Å². The Bertz CT molecular complexity index is 599. The molecule has 0 atom stereocenters. The summed E-state index contributed by atoms with van der Waals surface area (Å²) in [7, 11) is 1.68. The van der Waals surface area contributed by atoms with E-state index in [4.69, 9.17) is 4.74 Å². The molecule has 1 aromatic carbocycles. The van der Waals surface area contributed by atoms with Crippen LogP contribution in [0.1, 0.15) is 17.8 Å². The summed E-state index contributed by atoms with van der Waals surface area (Å²) in [6, 6.07) is 8.44. The number of anilines is 1. The lowest BCUT2D eigenvalue weighted by Crippen LogP contribution is -2.30. The highest BCUT2D eigenvalue weighted by Gasteiger charge is 2.20. The van der Waals surface area contributed by atoms with Gasteiger partial charge in [-0.1, -0.05) is 17.7 Å². The number of aromatic nitrogens is 3. The number of ether oxygens (including phenoxy) is 1. The van der Waals surface area contributed by atoms with E-state index in [9.17, 15) is 0 Å². The molecule has 0 aliphatic carbocycles. The molecule has 22 heavy (non-hydrogen) atoms. The van der Waals surface area contributed by atoms with Crippen LogP contribution in [-0.4, -0.2) is 48.1 Å². The van der Waals surface area contributed by atoms with E-state index in [2.05, 4.69) is 56.2 Å². The summed E-state index contributed by atoms with van der Waals surface area (Å²) < 4.78 is 7.39. The second kappa shape index (κ2) is 6.89. The Morgan fingerprint density at radius 3 is 2.73 bits per heavy atom. The highest BCUT2D eigenvalue weighted by molar-refractivity contribution is 5.45. The van der Waals surface area contributed by atoms with Crippen LogP contribution < -0.4 is 10.2 Å². The Morgan fingerprint density at radius 1 is 1.14 bits per heavy atom. The highest BCUT2D eigenvalue weighted by atomic mass is 16.5. The molecule has 118 valence electrons. The van der Waals surface area contributed by atoms with Crippen LogP contribution in [0.4, 0.5) is 5.95 Å². The van der Waals surface area contributed by atoms with Gasteiger partial charge in [-0.15, -0.1) is 10.2 Å². The average Bonchev–Trinajstić information content (AvgIpc) is 2.76. The van der Waals surface area contributed by atoms with Gasteiger partial charge in [-0.05, 0) is 32.0 Å². The lowest BCUT2D eigenvalue weighted by Gasteiger charge is -2.22. The number of hydrogen-bond acceptors (Lipinski definition) is 5. The molecule has 0 amide bonds. The minimum absolute atomic E-state index is 0.451. The lowest BCUT2D eigenvalue weighted by atomic mass is 10.2. The fraction of sp³-hybridized carbons (Fsp3) is 0.500. The first-order valence-electron chi connectivity index (χ1n) is 7.75. The molecule has 6 nitrogen and oxygen atoms in total. The van der Waals surface area contributed by atoms with E-state index in [1.807, 2.05) is 0 Å². The van der Waals surface area contributed by atoms with Crippen LogP contribution in [0.25, 0.3) is 5.69 Å². The molecule has 1 aliphatic rings. The third-order valence-corrected chi connectivity index (χ3v) is 3.90. The van der Waals surface area contributed by atoms with E-state index in [1.165, 1.54) is 5.56 Å². The predicted molar refractivity (Wildman–Crippen MR) is 86.5 cm³/mol. The molecule has 0 spiro atoms. The maximum absolute atomic E-state index is 5.28. The largest absolute Gasteiger partial charge is 0.377 e. The van der Waals surface area contributed by atoms with E-state index in [0.29, 0.717) is 6.61 Å². The van der Waals surface area contributed by atoms with Crippen molar-refractivity contribution in [3.8, 4) is 5.69 Å². The first-order chi connectivity index (χ1) is 10.8. The molecule has 1 aliphatic heterocycles. The van der Waals surface area contributed by atoms with Gasteiger partial charge < -0.3 is 15.0 Å². The molecule has 6 heteroatoms. The Balaban J connectivity index is 2.00. The summed E-state index contributed by atoms with van der Waals surface area (Å²) in [5.74, 6) is 1.73. The van der Waals surface area contributed by atoms with Crippen LogP contribution in [0.2, 0.25) is 0 Å². The van der Waals surface area contributed by atoms with Gasteiger partial charge in [-0.3, -0.25) is 4.57 Å². The minimum atomic E-state index is 0.451. The van der Waals surface area contributed by atoms with Crippen molar-refractivity contribution in [3.05, 3.63) is 35.7 Å². The van der Waals surface area contributed by atoms with Crippen LogP contribution >= 0.6 is 0 Å². The number of nitrogens with zero attached hydrogens (tertiary/aromatic N) is 4. The summed E-state index contributed by atoms with van der Waals surface area (Å²) in [6.45, 7) is 6.50. The summed E-state index contributed by atoms with van der Waals surface area (Å²) in [4.78, 5) is 2.30.